The number of fused-ring (bicyclic) bond motifs is 1. The first-order valence-corrected chi connectivity index (χ1v) is 6.78. The molecular weight excluding hydrogens is 222 g/mol. The highest BCUT2D eigenvalue weighted by Crippen LogP contribution is 2.32. The van der Waals surface area contributed by atoms with Crippen LogP contribution in [0.4, 0.5) is 0 Å². The second-order valence-electron chi connectivity index (χ2n) is 5.00. The van der Waals surface area contributed by atoms with E-state index in [0.29, 0.717) is 11.8 Å². The van der Waals surface area contributed by atoms with Crippen molar-refractivity contribution in [3.63, 3.8) is 0 Å². The van der Waals surface area contributed by atoms with Crippen LogP contribution < -0.4 is 5.32 Å². The number of terminal acetylenes is 1. The fourth-order valence-corrected chi connectivity index (χ4v) is 2.72. The van der Waals surface area contributed by atoms with Crippen LogP contribution in [0.2, 0.25) is 0 Å². The average molecular weight is 243 g/mol. The molecule has 0 aromatic heterocycles. The van der Waals surface area contributed by atoms with Crippen molar-refractivity contribution in [3.05, 3.63) is 29.3 Å². The molecule has 1 aliphatic rings. The van der Waals surface area contributed by atoms with Gasteiger partial charge in [-0.1, -0.05) is 25.3 Å². The highest BCUT2D eigenvalue weighted by atomic mass is 16.3. The monoisotopic (exact) mass is 243 g/mol. The summed E-state index contributed by atoms with van der Waals surface area (Å²) in [6.07, 6.45) is 11.0. The minimum Gasteiger partial charge on any atom is -0.508 e. The van der Waals surface area contributed by atoms with E-state index in [1.54, 1.807) is 6.07 Å². The quantitative estimate of drug-likeness (QED) is 0.796. The molecule has 96 valence electrons. The van der Waals surface area contributed by atoms with Crippen LogP contribution in [-0.2, 0) is 6.42 Å². The van der Waals surface area contributed by atoms with Crippen LogP contribution in [0.1, 0.15) is 49.8 Å². The van der Waals surface area contributed by atoms with Crippen LogP contribution in [0.25, 0.3) is 0 Å². The van der Waals surface area contributed by atoms with Gasteiger partial charge in [-0.3, -0.25) is 5.32 Å². The minimum atomic E-state index is 0.153. The molecule has 0 spiro atoms. The summed E-state index contributed by atoms with van der Waals surface area (Å²) in [5.74, 6) is 3.19. The molecule has 2 rings (SSSR count). The zero-order valence-electron chi connectivity index (χ0n) is 10.9. The molecule has 0 heterocycles. The highest BCUT2D eigenvalue weighted by molar-refractivity contribution is 5.38. The van der Waals surface area contributed by atoms with Crippen LogP contribution in [0.3, 0.4) is 0 Å². The van der Waals surface area contributed by atoms with Gasteiger partial charge in [0.15, 0.2) is 0 Å². The number of rotatable bonds is 4. The molecule has 2 atom stereocenters. The van der Waals surface area contributed by atoms with Crippen molar-refractivity contribution < 1.29 is 5.11 Å². The van der Waals surface area contributed by atoms with Crippen molar-refractivity contribution in [2.75, 3.05) is 0 Å². The van der Waals surface area contributed by atoms with Crippen LogP contribution in [-0.4, -0.2) is 11.1 Å². The maximum atomic E-state index is 9.53. The van der Waals surface area contributed by atoms with E-state index in [9.17, 15) is 5.11 Å². The number of hydrogen-bond donors (Lipinski definition) is 2. The van der Waals surface area contributed by atoms with Gasteiger partial charge in [-0.25, -0.2) is 0 Å². The number of phenolic OH excluding ortho intramolecular Hbond substituents is 1. The van der Waals surface area contributed by atoms with Crippen molar-refractivity contribution in [3.8, 4) is 18.1 Å². The van der Waals surface area contributed by atoms with Gasteiger partial charge in [0.05, 0.1) is 6.04 Å². The lowest BCUT2D eigenvalue weighted by Crippen LogP contribution is -2.33. The number of nitrogens with one attached hydrogen (secondary N) is 1. The Labute approximate surface area is 109 Å². The van der Waals surface area contributed by atoms with E-state index in [1.165, 1.54) is 11.1 Å². The first-order chi connectivity index (χ1) is 8.74. The third kappa shape index (κ3) is 2.86. The van der Waals surface area contributed by atoms with Crippen molar-refractivity contribution in [2.45, 2.75) is 51.1 Å². The molecule has 0 fully saturated rings. The van der Waals surface area contributed by atoms with E-state index in [4.69, 9.17) is 6.42 Å². The lowest BCUT2D eigenvalue weighted by atomic mass is 9.87. The molecule has 2 N–H and O–H groups in total. The summed E-state index contributed by atoms with van der Waals surface area (Å²) in [6.45, 7) is 2.15. The summed E-state index contributed by atoms with van der Waals surface area (Å²) in [7, 11) is 0. The predicted molar refractivity (Wildman–Crippen MR) is 74.5 cm³/mol. The average Bonchev–Trinajstić information content (AvgIpc) is 2.38. The van der Waals surface area contributed by atoms with Crippen molar-refractivity contribution in [1.82, 2.24) is 5.32 Å². The second-order valence-corrected chi connectivity index (χ2v) is 5.00. The van der Waals surface area contributed by atoms with Gasteiger partial charge in [-0.05, 0) is 48.9 Å². The molecule has 2 unspecified atom stereocenters. The van der Waals surface area contributed by atoms with E-state index < -0.39 is 0 Å². The Hall–Kier alpha value is -1.46. The molecule has 0 saturated carbocycles. The Morgan fingerprint density at radius 1 is 1.56 bits per heavy atom. The molecule has 1 aromatic carbocycles. The third-order valence-corrected chi connectivity index (χ3v) is 3.62. The number of benzene rings is 1. The van der Waals surface area contributed by atoms with Crippen molar-refractivity contribution >= 4 is 0 Å². The standard InChI is InChI=1S/C16H21NO/c1-3-6-13(4-2)17-16-8-5-7-12-11-14(18)9-10-15(12)16/h2,9-11,13,16-18H,3,5-8H2,1H3. The molecule has 0 bridgehead atoms. The van der Waals surface area contributed by atoms with Gasteiger partial charge in [0, 0.05) is 6.04 Å². The smallest absolute Gasteiger partial charge is 0.115 e. The summed E-state index contributed by atoms with van der Waals surface area (Å²) in [4.78, 5) is 0. The normalized spacial score (nSPS) is 19.9. The maximum absolute atomic E-state index is 9.53. The van der Waals surface area contributed by atoms with Gasteiger partial charge in [0.1, 0.15) is 5.75 Å². The Balaban J connectivity index is 2.15. The van der Waals surface area contributed by atoms with Crippen LogP contribution in [0.5, 0.6) is 5.75 Å². The van der Waals surface area contributed by atoms with E-state index >= 15 is 0 Å². The first kappa shape index (κ1) is 13.0. The summed E-state index contributed by atoms with van der Waals surface area (Å²) in [5.41, 5.74) is 2.56. The van der Waals surface area contributed by atoms with E-state index in [2.05, 4.69) is 18.2 Å². The maximum Gasteiger partial charge on any atom is 0.115 e. The summed E-state index contributed by atoms with van der Waals surface area (Å²) < 4.78 is 0. The van der Waals surface area contributed by atoms with Crippen molar-refractivity contribution in [1.29, 1.82) is 0 Å². The zero-order chi connectivity index (χ0) is 13.0. The van der Waals surface area contributed by atoms with Crippen LogP contribution in [0.15, 0.2) is 18.2 Å². The van der Waals surface area contributed by atoms with Crippen molar-refractivity contribution in [2.24, 2.45) is 0 Å². The number of aryl methyl sites for hydroxylation is 1. The summed E-state index contributed by atoms with van der Waals surface area (Å²) in [5, 5.41) is 13.1. The summed E-state index contributed by atoms with van der Waals surface area (Å²) >= 11 is 0. The minimum absolute atomic E-state index is 0.153. The number of aromatic hydroxyl groups is 1. The predicted octanol–water partition coefficient (Wildman–Crippen LogP) is 3.16. The Morgan fingerprint density at radius 3 is 3.11 bits per heavy atom. The third-order valence-electron chi connectivity index (χ3n) is 3.62. The molecule has 1 aliphatic carbocycles. The van der Waals surface area contributed by atoms with Gasteiger partial charge >= 0.3 is 0 Å². The second kappa shape index (κ2) is 5.93. The molecule has 1 aromatic rings. The van der Waals surface area contributed by atoms with Crippen LogP contribution in [0, 0.1) is 12.3 Å². The SMILES string of the molecule is C#CC(CCC)NC1CCCc2cc(O)ccc21. The number of phenols is 1. The molecule has 0 saturated heterocycles. The van der Waals surface area contributed by atoms with Gasteiger partial charge in [-0.15, -0.1) is 6.42 Å². The Bertz CT molecular complexity index is 447. The number of hydrogen-bond acceptors (Lipinski definition) is 2. The van der Waals surface area contributed by atoms with E-state index in [0.717, 1.165) is 32.1 Å². The largest absolute Gasteiger partial charge is 0.508 e. The van der Waals surface area contributed by atoms with Gasteiger partial charge in [0.2, 0.25) is 0 Å². The fourth-order valence-electron chi connectivity index (χ4n) is 2.72. The van der Waals surface area contributed by atoms with Gasteiger partial charge in [-0.2, -0.15) is 0 Å². The molecule has 0 amide bonds. The Kier molecular flexibility index (Phi) is 4.28. The first-order valence-electron chi connectivity index (χ1n) is 6.78. The van der Waals surface area contributed by atoms with Crippen LogP contribution >= 0.6 is 0 Å². The molecule has 2 heteroatoms. The lowest BCUT2D eigenvalue weighted by molar-refractivity contribution is 0.417. The molecule has 0 aliphatic heterocycles. The summed E-state index contributed by atoms with van der Waals surface area (Å²) in [6, 6.07) is 6.17. The molecule has 0 radical (unpaired) electrons. The lowest BCUT2D eigenvalue weighted by Gasteiger charge is -2.29. The fraction of sp³-hybridized carbons (Fsp3) is 0.500. The van der Waals surface area contributed by atoms with Gasteiger partial charge in [0.25, 0.3) is 0 Å². The Morgan fingerprint density at radius 2 is 2.39 bits per heavy atom. The van der Waals surface area contributed by atoms with E-state index in [-0.39, 0.29) is 6.04 Å². The topological polar surface area (TPSA) is 32.3 Å². The molecule has 18 heavy (non-hydrogen) atoms. The molecular formula is C16H21NO. The van der Waals surface area contributed by atoms with E-state index in [1.807, 2.05) is 12.1 Å². The zero-order valence-corrected chi connectivity index (χ0v) is 10.9. The highest BCUT2D eigenvalue weighted by Gasteiger charge is 2.22. The van der Waals surface area contributed by atoms with Gasteiger partial charge < -0.3 is 5.11 Å². The molecule has 2 nitrogen and oxygen atoms in total.